The van der Waals surface area contributed by atoms with Crippen molar-refractivity contribution < 1.29 is 0 Å². The third-order valence-corrected chi connectivity index (χ3v) is 3.41. The van der Waals surface area contributed by atoms with E-state index in [1.807, 2.05) is 0 Å². The monoisotopic (exact) mass is 108 g/mol. The fourth-order valence-corrected chi connectivity index (χ4v) is 2.68. The molecule has 44 valence electrons. The van der Waals surface area contributed by atoms with E-state index in [1.54, 1.807) is 25.7 Å². The molecular formula is C8H12. The zero-order valence-electron chi connectivity index (χ0n) is 5.14. The minimum Gasteiger partial charge on any atom is -0.0499 e. The van der Waals surface area contributed by atoms with Gasteiger partial charge in [-0.3, -0.25) is 0 Å². The summed E-state index contributed by atoms with van der Waals surface area (Å²) in [4.78, 5) is 0. The lowest BCUT2D eigenvalue weighted by molar-refractivity contribution is 0.456. The van der Waals surface area contributed by atoms with Crippen molar-refractivity contribution in [2.75, 3.05) is 0 Å². The van der Waals surface area contributed by atoms with Gasteiger partial charge in [0, 0.05) is 0 Å². The maximum Gasteiger partial charge on any atom is -0.0352 e. The Balaban J connectivity index is 1.89. The second kappa shape index (κ2) is 0.984. The van der Waals surface area contributed by atoms with E-state index in [-0.39, 0.29) is 0 Å². The van der Waals surface area contributed by atoms with Crippen LogP contribution < -0.4 is 0 Å². The number of rotatable bonds is 0. The van der Waals surface area contributed by atoms with Gasteiger partial charge in [0.25, 0.3) is 0 Å². The molecule has 3 saturated carbocycles. The van der Waals surface area contributed by atoms with E-state index in [9.17, 15) is 0 Å². The van der Waals surface area contributed by atoms with Crippen LogP contribution in [0, 0.1) is 23.7 Å². The molecule has 8 heavy (non-hydrogen) atoms. The van der Waals surface area contributed by atoms with Crippen LogP contribution in [0.3, 0.4) is 0 Å². The Labute approximate surface area is 50.3 Å². The predicted octanol–water partition coefficient (Wildman–Crippen LogP) is 2.05. The van der Waals surface area contributed by atoms with Crippen LogP contribution in [-0.2, 0) is 0 Å². The lowest BCUT2D eigenvalue weighted by Crippen LogP contribution is -1.96. The van der Waals surface area contributed by atoms with Crippen molar-refractivity contribution in [1.82, 2.24) is 0 Å². The molecule has 0 aliphatic heterocycles. The molecule has 4 atom stereocenters. The topological polar surface area (TPSA) is 0 Å². The number of hydrogen-bond acceptors (Lipinski definition) is 0. The molecule has 3 aliphatic carbocycles. The molecule has 3 rings (SSSR count). The molecule has 3 aliphatic rings. The summed E-state index contributed by atoms with van der Waals surface area (Å²) in [5, 5.41) is 0. The summed E-state index contributed by atoms with van der Waals surface area (Å²) >= 11 is 0. The largest absolute Gasteiger partial charge is 0.0499 e. The van der Waals surface area contributed by atoms with Crippen LogP contribution in [0.1, 0.15) is 25.7 Å². The maximum absolute atomic E-state index is 1.61. The number of fused-ring (bicyclic) bond motifs is 3. The number of hydrogen-bond donors (Lipinski definition) is 0. The van der Waals surface area contributed by atoms with Crippen molar-refractivity contribution in [3.8, 4) is 0 Å². The standard InChI is InChI=1S/C8H12/c1-2-6-4-8(6)7-3-5(1)7/h5-8H,1-4H2/t5-,6?,7+,8+/m1/s1. The summed E-state index contributed by atoms with van der Waals surface area (Å²) in [7, 11) is 0. The van der Waals surface area contributed by atoms with Gasteiger partial charge in [-0.15, -0.1) is 0 Å². The van der Waals surface area contributed by atoms with E-state index in [0.717, 1.165) is 0 Å². The SMILES string of the molecule is C1C[C@@H]2C[C@@H]2[C@H]2CC12. The highest BCUT2D eigenvalue weighted by atomic mass is 14.6. The second-order valence-electron chi connectivity index (χ2n) is 3.90. The molecule has 0 bridgehead atoms. The van der Waals surface area contributed by atoms with Crippen molar-refractivity contribution in [1.29, 1.82) is 0 Å². The minimum absolute atomic E-state index is 1.22. The fraction of sp³-hybridized carbons (Fsp3) is 1.00. The summed E-state index contributed by atoms with van der Waals surface area (Å²) in [5.74, 6) is 4.93. The lowest BCUT2D eigenvalue weighted by atomic mass is 10.0. The third kappa shape index (κ3) is 0.340. The van der Waals surface area contributed by atoms with Crippen molar-refractivity contribution in [3.63, 3.8) is 0 Å². The van der Waals surface area contributed by atoms with Crippen LogP contribution >= 0.6 is 0 Å². The van der Waals surface area contributed by atoms with E-state index in [2.05, 4.69) is 0 Å². The Morgan fingerprint density at radius 3 is 1.75 bits per heavy atom. The van der Waals surface area contributed by atoms with Gasteiger partial charge in [-0.2, -0.15) is 0 Å². The molecular weight excluding hydrogens is 96.1 g/mol. The Morgan fingerprint density at radius 2 is 1.25 bits per heavy atom. The van der Waals surface area contributed by atoms with Crippen molar-refractivity contribution in [2.24, 2.45) is 23.7 Å². The Morgan fingerprint density at radius 1 is 0.750 bits per heavy atom. The normalized spacial score (nSPS) is 66.0. The van der Waals surface area contributed by atoms with E-state index in [0.29, 0.717) is 0 Å². The van der Waals surface area contributed by atoms with Crippen molar-refractivity contribution in [3.05, 3.63) is 0 Å². The van der Waals surface area contributed by atoms with Crippen LogP contribution in [-0.4, -0.2) is 0 Å². The first-order valence-electron chi connectivity index (χ1n) is 3.95. The molecule has 0 aromatic rings. The molecule has 0 nitrogen and oxygen atoms in total. The molecule has 0 aromatic heterocycles. The molecule has 0 N–H and O–H groups in total. The molecule has 0 aromatic carbocycles. The zero-order valence-corrected chi connectivity index (χ0v) is 5.14. The van der Waals surface area contributed by atoms with E-state index in [4.69, 9.17) is 0 Å². The van der Waals surface area contributed by atoms with Crippen LogP contribution in [0.5, 0.6) is 0 Å². The summed E-state index contributed by atoms with van der Waals surface area (Å²) in [5.41, 5.74) is 0. The fourth-order valence-electron chi connectivity index (χ4n) is 2.68. The lowest BCUT2D eigenvalue weighted by Gasteiger charge is -2.04. The minimum atomic E-state index is 1.22. The average Bonchev–Trinajstić information content (AvgIpc) is 2.59. The first-order valence-corrected chi connectivity index (χ1v) is 3.95. The van der Waals surface area contributed by atoms with Gasteiger partial charge in [0.1, 0.15) is 0 Å². The highest BCUT2D eigenvalue weighted by molar-refractivity contribution is 5.06. The Bertz CT molecular complexity index is 112. The summed E-state index contributed by atoms with van der Waals surface area (Å²) in [6.45, 7) is 0. The van der Waals surface area contributed by atoms with Gasteiger partial charge < -0.3 is 0 Å². The summed E-state index contributed by atoms with van der Waals surface area (Å²) in [6, 6.07) is 0. The van der Waals surface area contributed by atoms with Crippen LogP contribution in [0.25, 0.3) is 0 Å². The molecule has 3 fully saturated rings. The molecule has 0 saturated heterocycles. The third-order valence-electron chi connectivity index (χ3n) is 3.41. The van der Waals surface area contributed by atoms with Gasteiger partial charge in [-0.1, -0.05) is 0 Å². The van der Waals surface area contributed by atoms with Gasteiger partial charge in [-0.25, -0.2) is 0 Å². The Kier molecular flexibility index (Phi) is 0.482. The van der Waals surface area contributed by atoms with Gasteiger partial charge in [-0.05, 0) is 49.4 Å². The maximum atomic E-state index is 1.61. The van der Waals surface area contributed by atoms with Gasteiger partial charge in [0.05, 0.1) is 0 Å². The van der Waals surface area contributed by atoms with Crippen LogP contribution in [0.2, 0.25) is 0 Å². The van der Waals surface area contributed by atoms with Crippen molar-refractivity contribution >= 4 is 0 Å². The van der Waals surface area contributed by atoms with E-state index >= 15 is 0 Å². The van der Waals surface area contributed by atoms with Crippen LogP contribution in [0.4, 0.5) is 0 Å². The highest BCUT2D eigenvalue weighted by Crippen LogP contribution is 2.65. The first kappa shape index (κ1) is 3.92. The molecule has 0 spiro atoms. The van der Waals surface area contributed by atoms with E-state index in [1.165, 1.54) is 23.7 Å². The van der Waals surface area contributed by atoms with Crippen molar-refractivity contribution in [2.45, 2.75) is 25.7 Å². The average molecular weight is 108 g/mol. The highest BCUT2D eigenvalue weighted by Gasteiger charge is 2.56. The summed E-state index contributed by atoms with van der Waals surface area (Å²) in [6.07, 6.45) is 6.40. The Hall–Kier alpha value is 0. The predicted molar refractivity (Wildman–Crippen MR) is 32.4 cm³/mol. The molecule has 1 unspecified atom stereocenters. The van der Waals surface area contributed by atoms with Gasteiger partial charge in [0.15, 0.2) is 0 Å². The molecule has 0 heteroatoms. The molecule has 0 radical (unpaired) electrons. The second-order valence-corrected chi connectivity index (χ2v) is 3.90. The first-order chi connectivity index (χ1) is 3.95. The summed E-state index contributed by atoms with van der Waals surface area (Å²) < 4.78 is 0. The van der Waals surface area contributed by atoms with Gasteiger partial charge >= 0.3 is 0 Å². The smallest absolute Gasteiger partial charge is 0.0352 e. The van der Waals surface area contributed by atoms with Gasteiger partial charge in [0.2, 0.25) is 0 Å². The molecule has 0 amide bonds. The molecule has 0 heterocycles. The van der Waals surface area contributed by atoms with Crippen LogP contribution in [0.15, 0.2) is 0 Å². The van der Waals surface area contributed by atoms with E-state index < -0.39 is 0 Å². The quantitative estimate of drug-likeness (QED) is 0.445. The zero-order chi connectivity index (χ0) is 5.14.